The van der Waals surface area contributed by atoms with Crippen LogP contribution in [0, 0.1) is 0 Å². The molecule has 2 N–H and O–H groups in total. The fourth-order valence-corrected chi connectivity index (χ4v) is 0. The molecule has 0 saturated heterocycles. The molecular formula is C2H2LiO4Ti. The third-order valence-electron chi connectivity index (χ3n) is 0.183. The van der Waals surface area contributed by atoms with Crippen molar-refractivity contribution in [3.05, 3.63) is 0 Å². The van der Waals surface area contributed by atoms with Crippen LogP contribution in [0.4, 0.5) is 0 Å². The molecule has 8 heavy (non-hydrogen) atoms. The normalized spacial score (nSPS) is 5.50. The van der Waals surface area contributed by atoms with Gasteiger partial charge in [0, 0.05) is 40.6 Å². The van der Waals surface area contributed by atoms with Gasteiger partial charge < -0.3 is 10.2 Å². The maximum atomic E-state index is 9.10. The van der Waals surface area contributed by atoms with E-state index in [0.717, 1.165) is 0 Å². The molecule has 0 aromatic heterocycles. The van der Waals surface area contributed by atoms with E-state index >= 15 is 0 Å². The van der Waals surface area contributed by atoms with Crippen molar-refractivity contribution in [2.75, 3.05) is 0 Å². The van der Waals surface area contributed by atoms with Crippen LogP contribution in [0.5, 0.6) is 0 Å². The van der Waals surface area contributed by atoms with E-state index in [0.29, 0.717) is 0 Å². The monoisotopic (exact) mass is 145 g/mol. The van der Waals surface area contributed by atoms with Crippen LogP contribution in [0.25, 0.3) is 0 Å². The second-order valence-electron chi connectivity index (χ2n) is 0.610. The molecule has 0 bridgehead atoms. The van der Waals surface area contributed by atoms with Gasteiger partial charge in [0.05, 0.1) is 0 Å². The number of rotatable bonds is 0. The second-order valence-corrected chi connectivity index (χ2v) is 0.610. The first-order valence-electron chi connectivity index (χ1n) is 1.11. The van der Waals surface area contributed by atoms with Crippen molar-refractivity contribution in [2.24, 2.45) is 0 Å². The molecule has 0 aromatic carbocycles. The Morgan fingerprint density at radius 2 is 1.12 bits per heavy atom. The summed E-state index contributed by atoms with van der Waals surface area (Å²) >= 11 is 0. The van der Waals surface area contributed by atoms with E-state index in [9.17, 15) is 0 Å². The number of carboxylic acids is 2. The minimum atomic E-state index is -1.82. The smallest absolute Gasteiger partial charge is 0.414 e. The van der Waals surface area contributed by atoms with Gasteiger partial charge in [0.25, 0.3) is 0 Å². The summed E-state index contributed by atoms with van der Waals surface area (Å²) in [6.07, 6.45) is 0. The van der Waals surface area contributed by atoms with E-state index in [2.05, 4.69) is 0 Å². The van der Waals surface area contributed by atoms with Crippen LogP contribution in [0.2, 0.25) is 0 Å². The van der Waals surface area contributed by atoms with Gasteiger partial charge in [-0.2, -0.15) is 0 Å². The molecule has 0 fully saturated rings. The minimum Gasteiger partial charge on any atom is -0.473 e. The molecule has 0 aliphatic carbocycles. The molecule has 0 rings (SSSR count). The molecule has 0 amide bonds. The van der Waals surface area contributed by atoms with Crippen LogP contribution in [-0.4, -0.2) is 41.0 Å². The van der Waals surface area contributed by atoms with Crippen molar-refractivity contribution in [3.63, 3.8) is 0 Å². The molecule has 0 atom stereocenters. The van der Waals surface area contributed by atoms with Gasteiger partial charge in [0.1, 0.15) is 0 Å². The zero-order valence-electron chi connectivity index (χ0n) is 4.21. The molecular weight excluding hydrogens is 143 g/mol. The molecule has 0 saturated carbocycles. The van der Waals surface area contributed by atoms with E-state index in [1.165, 1.54) is 0 Å². The first kappa shape index (κ1) is 15.7. The fourth-order valence-electron chi connectivity index (χ4n) is 0. The van der Waals surface area contributed by atoms with Gasteiger partial charge in [-0.15, -0.1) is 0 Å². The van der Waals surface area contributed by atoms with Crippen molar-refractivity contribution in [1.82, 2.24) is 0 Å². The average Bonchev–Trinajstić information content (AvgIpc) is 1.36. The minimum absolute atomic E-state index is 0. The number of carboxylic acid groups (broad SMARTS) is 2. The summed E-state index contributed by atoms with van der Waals surface area (Å²) in [5, 5.41) is 14.8. The first-order valence-corrected chi connectivity index (χ1v) is 1.11. The number of hydrogen-bond acceptors (Lipinski definition) is 2. The summed E-state index contributed by atoms with van der Waals surface area (Å²) in [4.78, 5) is 18.2. The van der Waals surface area contributed by atoms with Crippen molar-refractivity contribution in [2.45, 2.75) is 0 Å². The summed E-state index contributed by atoms with van der Waals surface area (Å²) in [5.74, 6) is -3.65. The van der Waals surface area contributed by atoms with E-state index < -0.39 is 11.9 Å². The quantitative estimate of drug-likeness (QED) is 0.330. The summed E-state index contributed by atoms with van der Waals surface area (Å²) in [6, 6.07) is 0. The van der Waals surface area contributed by atoms with Crippen LogP contribution in [0.1, 0.15) is 0 Å². The number of aliphatic carboxylic acids is 2. The maximum absolute atomic E-state index is 9.10. The predicted molar refractivity (Wildman–Crippen MR) is 21.0 cm³/mol. The Hall–Kier alpha value is 0.252. The molecule has 0 aliphatic heterocycles. The van der Waals surface area contributed by atoms with E-state index in [4.69, 9.17) is 19.8 Å². The summed E-state index contributed by atoms with van der Waals surface area (Å²) in [7, 11) is 0. The Balaban J connectivity index is -0.000000125. The van der Waals surface area contributed by atoms with Crippen molar-refractivity contribution < 1.29 is 41.5 Å². The zero-order chi connectivity index (χ0) is 5.15. The van der Waals surface area contributed by atoms with Gasteiger partial charge >= 0.3 is 11.9 Å². The first-order chi connectivity index (χ1) is 2.64. The Labute approximate surface area is 72.3 Å². The van der Waals surface area contributed by atoms with Crippen LogP contribution in [0.15, 0.2) is 0 Å². The molecule has 1 radical (unpaired) electrons. The SMILES string of the molecule is O=C(O)C(=O)O.[Li].[Ti]. The Kier molecular flexibility index (Phi) is 14.3. The topological polar surface area (TPSA) is 74.6 Å². The van der Waals surface area contributed by atoms with Gasteiger partial charge in [-0.3, -0.25) is 0 Å². The second kappa shape index (κ2) is 7.25. The van der Waals surface area contributed by atoms with E-state index in [1.54, 1.807) is 0 Å². The molecule has 39 valence electrons. The van der Waals surface area contributed by atoms with Crippen molar-refractivity contribution in [1.29, 1.82) is 0 Å². The van der Waals surface area contributed by atoms with Gasteiger partial charge in [-0.05, 0) is 0 Å². The molecule has 6 heteroatoms. The largest absolute Gasteiger partial charge is 0.473 e. The van der Waals surface area contributed by atoms with Crippen molar-refractivity contribution in [3.8, 4) is 0 Å². The van der Waals surface area contributed by atoms with Gasteiger partial charge in [0.2, 0.25) is 0 Å². The summed E-state index contributed by atoms with van der Waals surface area (Å²) in [5.41, 5.74) is 0. The molecule has 0 heterocycles. The fraction of sp³-hybridized carbons (Fsp3) is 0. The average molecular weight is 145 g/mol. The van der Waals surface area contributed by atoms with Gasteiger partial charge in [0.15, 0.2) is 0 Å². The zero-order valence-corrected chi connectivity index (χ0v) is 5.77. The summed E-state index contributed by atoms with van der Waals surface area (Å²) in [6.45, 7) is 0. The predicted octanol–water partition coefficient (Wildman–Crippen LogP) is -1.23. The van der Waals surface area contributed by atoms with Crippen LogP contribution >= 0.6 is 0 Å². The molecule has 0 aromatic rings. The Morgan fingerprint density at radius 1 is 1.00 bits per heavy atom. The summed E-state index contributed by atoms with van der Waals surface area (Å²) < 4.78 is 0. The third-order valence-corrected chi connectivity index (χ3v) is 0.183. The molecule has 0 spiro atoms. The third kappa shape index (κ3) is 9.54. The number of carbonyl (C=O) groups is 2. The maximum Gasteiger partial charge on any atom is 0.414 e. The van der Waals surface area contributed by atoms with Gasteiger partial charge in [-0.1, -0.05) is 0 Å². The Bertz CT molecular complexity index is 80.0. The standard InChI is InChI=1S/C2H2O4.Li.Ti/c3-1(4)2(5)6;;/h(H,3,4)(H,5,6);;. The van der Waals surface area contributed by atoms with E-state index in [-0.39, 0.29) is 40.6 Å². The van der Waals surface area contributed by atoms with Crippen molar-refractivity contribution >= 4 is 30.8 Å². The molecule has 0 unspecified atom stereocenters. The van der Waals surface area contributed by atoms with E-state index in [1.807, 2.05) is 0 Å². The molecule has 0 aliphatic rings. The molecule has 4 nitrogen and oxygen atoms in total. The van der Waals surface area contributed by atoms with Crippen LogP contribution in [-0.2, 0) is 31.3 Å². The van der Waals surface area contributed by atoms with Crippen LogP contribution < -0.4 is 0 Å². The van der Waals surface area contributed by atoms with Gasteiger partial charge in [-0.25, -0.2) is 9.59 Å². The Morgan fingerprint density at radius 3 is 1.12 bits per heavy atom. The van der Waals surface area contributed by atoms with Crippen LogP contribution in [0.3, 0.4) is 0 Å². The number of hydrogen-bond donors (Lipinski definition) is 2.